The molecule has 2 aromatic carbocycles. The molecule has 1 N–H and O–H groups in total. The molecule has 0 saturated heterocycles. The number of hydrogen-bond donors (Lipinski definition) is 1. The van der Waals surface area contributed by atoms with Gasteiger partial charge in [0.05, 0.1) is 11.3 Å². The van der Waals surface area contributed by atoms with Crippen molar-refractivity contribution in [2.24, 2.45) is 0 Å². The maximum atomic E-state index is 13.0. The van der Waals surface area contributed by atoms with E-state index < -0.39 is 11.5 Å². The normalized spacial score (nSPS) is 11.2. The van der Waals surface area contributed by atoms with Crippen LogP contribution in [0.15, 0.2) is 65.6 Å². The number of halogens is 1. The molecule has 0 fully saturated rings. The lowest BCUT2D eigenvalue weighted by molar-refractivity contribution is 0.101. The molecule has 0 bridgehead atoms. The number of nitrogens with one attached hydrogen (secondary N) is 1. The molecule has 0 saturated carbocycles. The van der Waals surface area contributed by atoms with Gasteiger partial charge in [-0.3, -0.25) is 15.0 Å². The summed E-state index contributed by atoms with van der Waals surface area (Å²) in [6.07, 6.45) is 1.49. The van der Waals surface area contributed by atoms with Crippen LogP contribution >= 0.6 is 11.6 Å². The topological polar surface area (TPSA) is 94.2 Å². The van der Waals surface area contributed by atoms with E-state index in [4.69, 9.17) is 11.6 Å². The highest BCUT2D eigenvalue weighted by atomic mass is 35.5. The number of aromatic nitrogens is 5. The summed E-state index contributed by atoms with van der Waals surface area (Å²) in [5.41, 5.74) is 6.96. The molecule has 0 aliphatic rings. The Balaban J connectivity index is 1.61. The van der Waals surface area contributed by atoms with E-state index in [1.54, 1.807) is 34.8 Å². The van der Waals surface area contributed by atoms with Gasteiger partial charge in [0.2, 0.25) is 0 Å². The van der Waals surface area contributed by atoms with Crippen LogP contribution in [0.5, 0.6) is 0 Å². The number of nitrogens with zero attached hydrogens (tertiary/aromatic N) is 5. The van der Waals surface area contributed by atoms with Gasteiger partial charge in [-0.1, -0.05) is 41.9 Å². The second-order valence-corrected chi connectivity index (χ2v) is 7.82. The number of benzene rings is 2. The number of hydrogen-bond acceptors (Lipinski definition) is 5. The van der Waals surface area contributed by atoms with Crippen LogP contribution in [0.2, 0.25) is 5.02 Å². The number of pyridine rings is 1. The maximum absolute atomic E-state index is 13.0. The second-order valence-electron chi connectivity index (χ2n) is 7.38. The molecule has 5 aromatic rings. The summed E-state index contributed by atoms with van der Waals surface area (Å²) in [6.45, 7) is 3.70. The lowest BCUT2D eigenvalue weighted by atomic mass is 10.1. The highest BCUT2D eigenvalue weighted by molar-refractivity contribution is 6.30. The predicted molar refractivity (Wildman–Crippen MR) is 123 cm³/mol. The Bertz CT molecular complexity index is 1570. The zero-order valence-electron chi connectivity index (χ0n) is 17.2. The minimum absolute atomic E-state index is 0.0928. The van der Waals surface area contributed by atoms with E-state index in [1.807, 2.05) is 38.1 Å². The molecule has 9 heteroatoms. The molecule has 0 spiro atoms. The molecule has 0 unspecified atom stereocenters. The third-order valence-corrected chi connectivity index (χ3v) is 5.55. The minimum atomic E-state index is -0.500. The van der Waals surface area contributed by atoms with E-state index in [-0.39, 0.29) is 5.52 Å². The molecule has 1 amide bonds. The standard InChI is InChI=1S/C23H17ClN6O2/c1-13-5-3-4-6-17(13)22(31)28-29-12-11-18-20(23(29)32)25-26-21-19(14(2)27-30(18)21)15-7-9-16(24)10-8-15/h3-12H,1-2H3,(H,28,31). The number of carbonyl (C=O) groups excluding carboxylic acids is 1. The van der Waals surface area contributed by atoms with Crippen molar-refractivity contribution in [3.05, 3.63) is 93.0 Å². The molecule has 3 aromatic heterocycles. The Morgan fingerprint density at radius 3 is 2.50 bits per heavy atom. The monoisotopic (exact) mass is 444 g/mol. The number of fused-ring (bicyclic) bond motifs is 3. The van der Waals surface area contributed by atoms with Crippen LogP contribution in [-0.2, 0) is 0 Å². The Morgan fingerprint density at radius 2 is 1.75 bits per heavy atom. The predicted octanol–water partition coefficient (Wildman–Crippen LogP) is 3.76. The van der Waals surface area contributed by atoms with Crippen LogP contribution in [0.3, 0.4) is 0 Å². The van der Waals surface area contributed by atoms with Crippen molar-refractivity contribution in [3.63, 3.8) is 0 Å². The Kier molecular flexibility index (Phi) is 4.71. The van der Waals surface area contributed by atoms with Crippen molar-refractivity contribution in [3.8, 4) is 11.1 Å². The zero-order chi connectivity index (χ0) is 22.4. The smallest absolute Gasteiger partial charge is 0.267 e. The van der Waals surface area contributed by atoms with Crippen LogP contribution in [0.1, 0.15) is 21.6 Å². The molecule has 0 atom stereocenters. The zero-order valence-corrected chi connectivity index (χ0v) is 18.0. The quantitative estimate of drug-likeness (QED) is 0.457. The number of carbonyl (C=O) groups is 1. The van der Waals surface area contributed by atoms with Crippen molar-refractivity contribution in [1.29, 1.82) is 0 Å². The van der Waals surface area contributed by atoms with Crippen LogP contribution in [0.4, 0.5) is 0 Å². The van der Waals surface area contributed by atoms with Gasteiger partial charge in [-0.25, -0.2) is 9.19 Å². The van der Waals surface area contributed by atoms with Crippen molar-refractivity contribution < 1.29 is 4.79 Å². The molecule has 5 rings (SSSR count). The molecular weight excluding hydrogens is 428 g/mol. The Labute approximate surface area is 187 Å². The average molecular weight is 445 g/mol. The first-order valence-corrected chi connectivity index (χ1v) is 10.2. The molecule has 32 heavy (non-hydrogen) atoms. The summed E-state index contributed by atoms with van der Waals surface area (Å²) in [7, 11) is 0. The van der Waals surface area contributed by atoms with Gasteiger partial charge in [0.25, 0.3) is 11.5 Å². The summed E-state index contributed by atoms with van der Waals surface area (Å²) >= 11 is 6.01. The molecule has 158 valence electrons. The summed E-state index contributed by atoms with van der Waals surface area (Å²) in [5, 5.41) is 13.6. The first-order chi connectivity index (χ1) is 15.4. The molecule has 8 nitrogen and oxygen atoms in total. The SMILES string of the molecule is Cc1ccccc1C(=O)Nn1ccc2c(nnc3c(-c4ccc(Cl)cc4)c(C)nn32)c1=O. The molecular formula is C23H17ClN6O2. The molecule has 0 aliphatic carbocycles. The summed E-state index contributed by atoms with van der Waals surface area (Å²) < 4.78 is 2.70. The van der Waals surface area contributed by atoms with Crippen molar-refractivity contribution >= 4 is 34.2 Å². The van der Waals surface area contributed by atoms with Gasteiger partial charge in [0.15, 0.2) is 11.2 Å². The fourth-order valence-corrected chi connectivity index (χ4v) is 3.82. The van der Waals surface area contributed by atoms with Crippen molar-refractivity contribution in [2.75, 3.05) is 5.43 Å². The molecule has 0 aliphatic heterocycles. The van der Waals surface area contributed by atoms with Gasteiger partial charge in [0.1, 0.15) is 5.52 Å². The molecule has 3 heterocycles. The van der Waals surface area contributed by atoms with E-state index in [1.165, 1.54) is 6.20 Å². The number of rotatable bonds is 3. The number of aryl methyl sites for hydroxylation is 2. The van der Waals surface area contributed by atoms with Crippen LogP contribution < -0.4 is 11.0 Å². The lowest BCUT2D eigenvalue weighted by Gasteiger charge is -2.10. The van der Waals surface area contributed by atoms with Crippen LogP contribution in [0.25, 0.3) is 27.8 Å². The van der Waals surface area contributed by atoms with Gasteiger partial charge in [-0.15, -0.1) is 10.2 Å². The van der Waals surface area contributed by atoms with Gasteiger partial charge in [-0.2, -0.15) is 5.10 Å². The molecule has 0 radical (unpaired) electrons. The van der Waals surface area contributed by atoms with E-state index in [0.29, 0.717) is 21.7 Å². The van der Waals surface area contributed by atoms with Crippen LogP contribution in [-0.4, -0.2) is 30.4 Å². The van der Waals surface area contributed by atoms with Crippen molar-refractivity contribution in [1.82, 2.24) is 24.5 Å². The van der Waals surface area contributed by atoms with Gasteiger partial charge < -0.3 is 0 Å². The van der Waals surface area contributed by atoms with Gasteiger partial charge in [0, 0.05) is 16.8 Å². The first kappa shape index (κ1) is 19.9. The van der Waals surface area contributed by atoms with Gasteiger partial charge in [-0.05, 0) is 49.2 Å². The average Bonchev–Trinajstić information content (AvgIpc) is 3.12. The fourth-order valence-electron chi connectivity index (χ4n) is 3.69. The summed E-state index contributed by atoms with van der Waals surface area (Å²) in [5.74, 6) is -0.390. The highest BCUT2D eigenvalue weighted by Gasteiger charge is 2.18. The second kappa shape index (κ2) is 7.58. The van der Waals surface area contributed by atoms with E-state index in [2.05, 4.69) is 20.7 Å². The largest absolute Gasteiger partial charge is 0.299 e. The summed E-state index contributed by atoms with van der Waals surface area (Å²) in [4.78, 5) is 25.6. The Morgan fingerprint density at radius 1 is 1.00 bits per heavy atom. The first-order valence-electron chi connectivity index (χ1n) is 9.84. The number of amides is 1. The Hall–Kier alpha value is -4.04. The van der Waals surface area contributed by atoms with E-state index >= 15 is 0 Å². The summed E-state index contributed by atoms with van der Waals surface area (Å²) in [6, 6.07) is 16.2. The van der Waals surface area contributed by atoms with Gasteiger partial charge >= 0.3 is 0 Å². The third-order valence-electron chi connectivity index (χ3n) is 5.30. The van der Waals surface area contributed by atoms with E-state index in [0.717, 1.165) is 27.1 Å². The minimum Gasteiger partial charge on any atom is -0.267 e. The third kappa shape index (κ3) is 3.21. The van der Waals surface area contributed by atoms with E-state index in [9.17, 15) is 9.59 Å². The van der Waals surface area contributed by atoms with Crippen LogP contribution in [0, 0.1) is 13.8 Å². The lowest BCUT2D eigenvalue weighted by Crippen LogP contribution is -2.33. The maximum Gasteiger partial charge on any atom is 0.299 e. The van der Waals surface area contributed by atoms with Crippen molar-refractivity contribution in [2.45, 2.75) is 13.8 Å². The fraction of sp³-hybridized carbons (Fsp3) is 0.0870. The highest BCUT2D eigenvalue weighted by Crippen LogP contribution is 2.28.